The van der Waals surface area contributed by atoms with Crippen LogP contribution in [0.4, 0.5) is 0 Å². The van der Waals surface area contributed by atoms with Crippen LogP contribution in [0, 0.1) is 12.3 Å². The minimum absolute atomic E-state index is 0.200. The van der Waals surface area contributed by atoms with Gasteiger partial charge in [-0.15, -0.1) is 0 Å². The fourth-order valence-corrected chi connectivity index (χ4v) is 4.03. The van der Waals surface area contributed by atoms with Crippen molar-refractivity contribution in [2.24, 2.45) is 5.41 Å². The lowest BCUT2D eigenvalue weighted by atomic mass is 10.0. The highest BCUT2D eigenvalue weighted by atomic mass is 32.2. The number of rotatable bonds is 9. The summed E-state index contributed by atoms with van der Waals surface area (Å²) in [5.74, 6) is 1.11. The van der Waals surface area contributed by atoms with Gasteiger partial charge >= 0.3 is 0 Å². The van der Waals surface area contributed by atoms with Crippen molar-refractivity contribution in [3.63, 3.8) is 0 Å². The summed E-state index contributed by atoms with van der Waals surface area (Å²) in [5.41, 5.74) is 0.200. The average Bonchev–Trinajstić information content (AvgIpc) is 3.09. The lowest BCUT2D eigenvalue weighted by Gasteiger charge is -2.14. The highest BCUT2D eigenvalue weighted by Crippen LogP contribution is 2.49. The zero-order valence-electron chi connectivity index (χ0n) is 13.2. The smallest absolute Gasteiger partial charge is 0.244 e. The first-order chi connectivity index (χ1) is 9.92. The number of furan rings is 1. The van der Waals surface area contributed by atoms with Gasteiger partial charge in [0.1, 0.15) is 16.4 Å². The van der Waals surface area contributed by atoms with E-state index in [4.69, 9.17) is 4.42 Å². The molecule has 1 heterocycles. The summed E-state index contributed by atoms with van der Waals surface area (Å²) in [6, 6.07) is 1.62. The molecule has 2 N–H and O–H groups in total. The molecule has 0 amide bonds. The molecular weight excluding hydrogens is 288 g/mol. The monoisotopic (exact) mass is 314 g/mol. The first-order valence-electron chi connectivity index (χ1n) is 7.72. The van der Waals surface area contributed by atoms with E-state index in [1.807, 2.05) is 6.92 Å². The first-order valence-corrected chi connectivity index (χ1v) is 9.20. The van der Waals surface area contributed by atoms with E-state index in [9.17, 15) is 8.42 Å². The van der Waals surface area contributed by atoms with E-state index in [1.165, 1.54) is 0 Å². The number of nitrogens with one attached hydrogen (secondary N) is 2. The van der Waals surface area contributed by atoms with E-state index in [0.29, 0.717) is 24.6 Å². The largest absolute Gasteiger partial charge is 0.464 e. The standard InChI is InChI=1S/C15H26N2O3S/c1-4-6-15(7-8-15)11-17-21(18,19)14-9-13(10-16-5-2)20-12(14)3/h9,16-17H,4-8,10-11H2,1-3H3. The molecule has 1 aromatic heterocycles. The summed E-state index contributed by atoms with van der Waals surface area (Å²) in [7, 11) is -3.48. The van der Waals surface area contributed by atoms with Crippen LogP contribution in [0.3, 0.4) is 0 Å². The van der Waals surface area contributed by atoms with Crippen LogP contribution in [0.15, 0.2) is 15.4 Å². The van der Waals surface area contributed by atoms with Crippen LogP contribution in [0.1, 0.15) is 51.1 Å². The Morgan fingerprint density at radius 3 is 2.62 bits per heavy atom. The maximum absolute atomic E-state index is 12.4. The fourth-order valence-electron chi connectivity index (χ4n) is 2.67. The summed E-state index contributed by atoms with van der Waals surface area (Å²) < 4.78 is 33.1. The normalized spacial score (nSPS) is 17.1. The molecule has 0 aromatic carbocycles. The van der Waals surface area contributed by atoms with E-state index in [2.05, 4.69) is 17.0 Å². The van der Waals surface area contributed by atoms with Gasteiger partial charge in [0.15, 0.2) is 0 Å². The van der Waals surface area contributed by atoms with Crippen molar-refractivity contribution in [2.75, 3.05) is 13.1 Å². The minimum atomic E-state index is -3.48. The molecule has 21 heavy (non-hydrogen) atoms. The van der Waals surface area contributed by atoms with Gasteiger partial charge in [-0.2, -0.15) is 0 Å². The summed E-state index contributed by atoms with van der Waals surface area (Å²) in [5, 5.41) is 3.13. The second-order valence-corrected chi connectivity index (χ2v) is 7.72. The Hall–Kier alpha value is -0.850. The Kier molecular flexibility index (Phi) is 5.11. The molecule has 0 unspecified atom stereocenters. The van der Waals surface area contributed by atoms with Gasteiger partial charge in [0.05, 0.1) is 6.54 Å². The maximum atomic E-state index is 12.4. The molecule has 5 nitrogen and oxygen atoms in total. The summed E-state index contributed by atoms with van der Waals surface area (Å²) in [6.07, 6.45) is 4.43. The third-order valence-corrected chi connectivity index (χ3v) is 5.65. The molecule has 0 saturated heterocycles. The van der Waals surface area contributed by atoms with Crippen LogP contribution < -0.4 is 10.0 Å². The number of aryl methyl sites for hydroxylation is 1. The average molecular weight is 314 g/mol. The van der Waals surface area contributed by atoms with Crippen LogP contribution in [0.5, 0.6) is 0 Å². The van der Waals surface area contributed by atoms with Crippen LogP contribution >= 0.6 is 0 Å². The number of sulfonamides is 1. The van der Waals surface area contributed by atoms with E-state index < -0.39 is 10.0 Å². The van der Waals surface area contributed by atoms with Crippen molar-refractivity contribution >= 4 is 10.0 Å². The van der Waals surface area contributed by atoms with Crippen molar-refractivity contribution in [1.82, 2.24) is 10.0 Å². The molecule has 1 aromatic rings. The van der Waals surface area contributed by atoms with Crippen molar-refractivity contribution < 1.29 is 12.8 Å². The Morgan fingerprint density at radius 2 is 2.05 bits per heavy atom. The molecule has 0 aliphatic heterocycles. The highest BCUT2D eigenvalue weighted by Gasteiger charge is 2.42. The van der Waals surface area contributed by atoms with E-state index in [0.717, 1.165) is 32.2 Å². The quantitative estimate of drug-likeness (QED) is 0.735. The third kappa shape index (κ3) is 4.08. The van der Waals surface area contributed by atoms with Gasteiger partial charge in [-0.05, 0) is 38.1 Å². The molecule has 0 spiro atoms. The molecule has 1 fully saturated rings. The molecule has 1 saturated carbocycles. The summed E-state index contributed by atoms with van der Waals surface area (Å²) >= 11 is 0. The van der Waals surface area contributed by atoms with Gasteiger partial charge in [-0.25, -0.2) is 13.1 Å². The first kappa shape index (κ1) is 16.5. The molecule has 0 atom stereocenters. The van der Waals surface area contributed by atoms with Crippen molar-refractivity contribution in [1.29, 1.82) is 0 Å². The molecule has 0 bridgehead atoms. The fraction of sp³-hybridized carbons (Fsp3) is 0.733. The Labute approximate surface area is 127 Å². The Bertz CT molecular complexity index is 574. The predicted molar refractivity (Wildman–Crippen MR) is 82.6 cm³/mol. The number of hydrogen-bond acceptors (Lipinski definition) is 4. The van der Waals surface area contributed by atoms with Crippen molar-refractivity contribution in [3.05, 3.63) is 17.6 Å². The zero-order chi connectivity index (χ0) is 15.5. The van der Waals surface area contributed by atoms with E-state index >= 15 is 0 Å². The second-order valence-electron chi connectivity index (χ2n) is 5.99. The molecule has 0 radical (unpaired) electrons. The SMILES string of the molecule is CCCC1(CNS(=O)(=O)c2cc(CNCC)oc2C)CC1. The second kappa shape index (κ2) is 6.50. The summed E-state index contributed by atoms with van der Waals surface area (Å²) in [6.45, 7) is 7.74. The van der Waals surface area contributed by atoms with Crippen LogP contribution in [0.25, 0.3) is 0 Å². The minimum Gasteiger partial charge on any atom is -0.464 e. The van der Waals surface area contributed by atoms with Gasteiger partial charge in [0.2, 0.25) is 10.0 Å². The predicted octanol–water partition coefficient (Wildman–Crippen LogP) is 2.56. The highest BCUT2D eigenvalue weighted by molar-refractivity contribution is 7.89. The number of hydrogen-bond donors (Lipinski definition) is 2. The van der Waals surface area contributed by atoms with Crippen molar-refractivity contribution in [3.8, 4) is 0 Å². The van der Waals surface area contributed by atoms with E-state index in [1.54, 1.807) is 13.0 Å². The Morgan fingerprint density at radius 1 is 1.33 bits per heavy atom. The van der Waals surface area contributed by atoms with Gasteiger partial charge in [0.25, 0.3) is 0 Å². The third-order valence-electron chi connectivity index (χ3n) is 4.14. The summed E-state index contributed by atoms with van der Waals surface area (Å²) in [4.78, 5) is 0.266. The molecule has 1 aliphatic carbocycles. The Balaban J connectivity index is 2.03. The van der Waals surface area contributed by atoms with Crippen molar-refractivity contribution in [2.45, 2.75) is 57.9 Å². The van der Waals surface area contributed by atoms with Gasteiger partial charge in [-0.3, -0.25) is 0 Å². The zero-order valence-corrected chi connectivity index (χ0v) is 14.0. The van der Waals surface area contributed by atoms with Crippen LogP contribution in [0.2, 0.25) is 0 Å². The van der Waals surface area contributed by atoms with Gasteiger partial charge in [-0.1, -0.05) is 20.3 Å². The molecule has 2 rings (SSSR count). The topological polar surface area (TPSA) is 71.3 Å². The molecule has 6 heteroatoms. The van der Waals surface area contributed by atoms with Gasteiger partial charge in [0, 0.05) is 12.6 Å². The molecule has 120 valence electrons. The maximum Gasteiger partial charge on any atom is 0.244 e. The lowest BCUT2D eigenvalue weighted by molar-refractivity contribution is 0.446. The molecular formula is C15H26N2O3S. The van der Waals surface area contributed by atoms with Crippen LogP contribution in [-0.4, -0.2) is 21.5 Å². The van der Waals surface area contributed by atoms with Gasteiger partial charge < -0.3 is 9.73 Å². The van der Waals surface area contributed by atoms with Crippen LogP contribution in [-0.2, 0) is 16.6 Å². The molecule has 1 aliphatic rings. The lowest BCUT2D eigenvalue weighted by Crippen LogP contribution is -2.30. The van der Waals surface area contributed by atoms with E-state index in [-0.39, 0.29) is 10.3 Å².